The second kappa shape index (κ2) is 7.25. The Kier molecular flexibility index (Phi) is 5.06. The summed E-state index contributed by atoms with van der Waals surface area (Å²) in [6.45, 7) is 3.55. The number of amides is 3. The molecule has 3 rings (SSSR count). The lowest BCUT2D eigenvalue weighted by Crippen LogP contribution is -2.46. The van der Waals surface area contributed by atoms with Gasteiger partial charge in [0, 0.05) is 32.5 Å². The zero-order chi connectivity index (χ0) is 18.0. The third kappa shape index (κ3) is 3.67. The zero-order valence-corrected chi connectivity index (χ0v) is 14.5. The molecule has 0 bridgehead atoms. The van der Waals surface area contributed by atoms with Crippen molar-refractivity contribution in [1.29, 1.82) is 0 Å². The number of hydrogen-bond acceptors (Lipinski definition) is 4. The molecule has 2 aliphatic heterocycles. The van der Waals surface area contributed by atoms with Gasteiger partial charge in [-0.2, -0.15) is 5.10 Å². The molecule has 136 valence electrons. The minimum atomic E-state index is -0.576. The van der Waals surface area contributed by atoms with E-state index in [0.717, 1.165) is 25.0 Å². The van der Waals surface area contributed by atoms with E-state index in [9.17, 15) is 14.4 Å². The van der Waals surface area contributed by atoms with Crippen LogP contribution in [0.25, 0.3) is 0 Å². The summed E-state index contributed by atoms with van der Waals surface area (Å²) < 4.78 is 0. The smallest absolute Gasteiger partial charge is 0.269 e. The van der Waals surface area contributed by atoms with Crippen molar-refractivity contribution >= 4 is 17.7 Å². The molecule has 1 unspecified atom stereocenters. The Balaban J connectivity index is 1.71. The molecule has 3 N–H and O–H groups in total. The maximum absolute atomic E-state index is 13.1. The van der Waals surface area contributed by atoms with Crippen LogP contribution in [0.2, 0.25) is 0 Å². The predicted molar refractivity (Wildman–Crippen MR) is 90.4 cm³/mol. The number of hydrogen-bond donors (Lipinski definition) is 2. The summed E-state index contributed by atoms with van der Waals surface area (Å²) in [4.78, 5) is 39.5. The molecular formula is C17H25N5O3. The van der Waals surface area contributed by atoms with Crippen molar-refractivity contribution in [3.63, 3.8) is 0 Å². The van der Waals surface area contributed by atoms with Gasteiger partial charge in [0.1, 0.15) is 5.69 Å². The molecule has 0 radical (unpaired) electrons. The number of aromatic nitrogens is 2. The lowest BCUT2D eigenvalue weighted by Gasteiger charge is -2.39. The van der Waals surface area contributed by atoms with Crippen LogP contribution in [0.4, 0.5) is 0 Å². The summed E-state index contributed by atoms with van der Waals surface area (Å²) in [7, 11) is 0. The molecule has 2 fully saturated rings. The number of carbonyl (C=O) groups excluding carboxylic acids is 3. The first-order valence-electron chi connectivity index (χ1n) is 8.88. The summed E-state index contributed by atoms with van der Waals surface area (Å²) in [6, 6.07) is 1.56. The number of likely N-dealkylation sites (tertiary alicyclic amines) is 2. The van der Waals surface area contributed by atoms with Gasteiger partial charge in [0.15, 0.2) is 0 Å². The molecule has 0 spiro atoms. The van der Waals surface area contributed by atoms with Crippen molar-refractivity contribution < 1.29 is 14.4 Å². The van der Waals surface area contributed by atoms with Crippen molar-refractivity contribution in [2.24, 2.45) is 11.7 Å². The van der Waals surface area contributed by atoms with Crippen LogP contribution >= 0.6 is 0 Å². The van der Waals surface area contributed by atoms with Crippen LogP contribution < -0.4 is 5.73 Å². The molecule has 1 atom stereocenters. The standard InChI is InChI=1S/C17H25N5O3/c1-11(23)21-8-5-12(6-9-21)17(25)22-7-3-2-4-15(22)13-10-14(16(18)24)20-19-13/h10,12,15H,2-9H2,1H3,(H2,18,24)(H,19,20). The van der Waals surface area contributed by atoms with E-state index >= 15 is 0 Å². The van der Waals surface area contributed by atoms with Crippen LogP contribution in [0.15, 0.2) is 6.07 Å². The van der Waals surface area contributed by atoms with E-state index in [0.29, 0.717) is 32.5 Å². The summed E-state index contributed by atoms with van der Waals surface area (Å²) in [5, 5.41) is 6.81. The number of primary amides is 1. The SMILES string of the molecule is CC(=O)N1CCC(C(=O)N2CCCCC2c2cc(C(N)=O)n[nH]2)CC1. The van der Waals surface area contributed by atoms with Crippen molar-refractivity contribution in [2.75, 3.05) is 19.6 Å². The number of rotatable bonds is 3. The van der Waals surface area contributed by atoms with Gasteiger partial charge in [-0.05, 0) is 38.2 Å². The predicted octanol–water partition coefficient (Wildman–Crippen LogP) is 0.821. The van der Waals surface area contributed by atoms with Crippen LogP contribution in [-0.2, 0) is 9.59 Å². The Morgan fingerprint density at radius 2 is 1.88 bits per heavy atom. The lowest BCUT2D eigenvalue weighted by atomic mass is 9.91. The molecular weight excluding hydrogens is 322 g/mol. The monoisotopic (exact) mass is 347 g/mol. The van der Waals surface area contributed by atoms with E-state index in [1.807, 2.05) is 4.90 Å². The highest BCUT2D eigenvalue weighted by Crippen LogP contribution is 2.33. The number of nitrogens with two attached hydrogens (primary N) is 1. The molecule has 8 heteroatoms. The average Bonchev–Trinajstić information content (AvgIpc) is 3.11. The van der Waals surface area contributed by atoms with Gasteiger partial charge < -0.3 is 15.5 Å². The Bertz CT molecular complexity index is 663. The van der Waals surface area contributed by atoms with Gasteiger partial charge in [-0.15, -0.1) is 0 Å². The minimum absolute atomic E-state index is 0.0465. The van der Waals surface area contributed by atoms with Crippen molar-refractivity contribution in [3.8, 4) is 0 Å². The van der Waals surface area contributed by atoms with Crippen LogP contribution in [0.1, 0.15) is 61.3 Å². The highest BCUT2D eigenvalue weighted by molar-refractivity contribution is 5.90. The first-order chi connectivity index (χ1) is 12.0. The van der Waals surface area contributed by atoms with Crippen molar-refractivity contribution in [3.05, 3.63) is 17.5 Å². The molecule has 25 heavy (non-hydrogen) atoms. The topological polar surface area (TPSA) is 112 Å². The third-order valence-electron chi connectivity index (χ3n) is 5.28. The fourth-order valence-electron chi connectivity index (χ4n) is 3.83. The van der Waals surface area contributed by atoms with Crippen molar-refractivity contribution in [2.45, 2.75) is 45.1 Å². The number of H-pyrrole nitrogens is 1. The van der Waals surface area contributed by atoms with Crippen molar-refractivity contribution in [1.82, 2.24) is 20.0 Å². The number of nitrogens with zero attached hydrogens (tertiary/aromatic N) is 3. The largest absolute Gasteiger partial charge is 0.364 e. The van der Waals surface area contributed by atoms with Gasteiger partial charge in [-0.3, -0.25) is 19.5 Å². The van der Waals surface area contributed by atoms with E-state index in [-0.39, 0.29) is 29.5 Å². The molecule has 3 heterocycles. The Hall–Kier alpha value is -2.38. The van der Waals surface area contributed by atoms with E-state index in [1.54, 1.807) is 17.9 Å². The maximum atomic E-state index is 13.1. The van der Waals surface area contributed by atoms with Crippen LogP contribution in [0.5, 0.6) is 0 Å². The minimum Gasteiger partial charge on any atom is -0.364 e. The Morgan fingerprint density at radius 1 is 1.16 bits per heavy atom. The Labute approximate surface area is 146 Å². The molecule has 0 saturated carbocycles. The molecule has 1 aromatic rings. The number of aromatic amines is 1. The number of nitrogens with one attached hydrogen (secondary N) is 1. The first-order valence-corrected chi connectivity index (χ1v) is 8.88. The summed E-state index contributed by atoms with van der Waals surface area (Å²) in [5.74, 6) is -0.413. The maximum Gasteiger partial charge on any atom is 0.269 e. The number of piperidine rings is 2. The van der Waals surface area contributed by atoms with Gasteiger partial charge in [0.2, 0.25) is 11.8 Å². The third-order valence-corrected chi connectivity index (χ3v) is 5.28. The van der Waals surface area contributed by atoms with Crippen LogP contribution in [0, 0.1) is 5.92 Å². The normalized spacial score (nSPS) is 22.0. The molecule has 0 aliphatic carbocycles. The average molecular weight is 347 g/mol. The molecule has 0 aromatic carbocycles. The molecule has 3 amide bonds. The molecule has 2 saturated heterocycles. The van der Waals surface area contributed by atoms with Gasteiger partial charge >= 0.3 is 0 Å². The van der Waals surface area contributed by atoms with Crippen LogP contribution in [-0.4, -0.2) is 57.4 Å². The second-order valence-electron chi connectivity index (χ2n) is 6.90. The highest BCUT2D eigenvalue weighted by atomic mass is 16.2. The quantitative estimate of drug-likeness (QED) is 0.843. The van der Waals surface area contributed by atoms with Gasteiger partial charge in [-0.25, -0.2) is 0 Å². The molecule has 2 aliphatic rings. The van der Waals surface area contributed by atoms with E-state index in [2.05, 4.69) is 10.2 Å². The van der Waals surface area contributed by atoms with Gasteiger partial charge in [0.05, 0.1) is 11.7 Å². The van der Waals surface area contributed by atoms with E-state index < -0.39 is 5.91 Å². The zero-order valence-electron chi connectivity index (χ0n) is 14.5. The fraction of sp³-hybridized carbons (Fsp3) is 0.647. The number of carbonyl (C=O) groups is 3. The second-order valence-corrected chi connectivity index (χ2v) is 6.90. The summed E-state index contributed by atoms with van der Waals surface area (Å²) in [6.07, 6.45) is 4.26. The molecule has 1 aromatic heterocycles. The van der Waals surface area contributed by atoms with Crippen LogP contribution in [0.3, 0.4) is 0 Å². The summed E-state index contributed by atoms with van der Waals surface area (Å²) in [5.41, 5.74) is 6.23. The van der Waals surface area contributed by atoms with Gasteiger partial charge in [0.25, 0.3) is 5.91 Å². The van der Waals surface area contributed by atoms with E-state index in [4.69, 9.17) is 5.73 Å². The summed E-state index contributed by atoms with van der Waals surface area (Å²) >= 11 is 0. The van der Waals surface area contributed by atoms with Gasteiger partial charge in [-0.1, -0.05) is 0 Å². The Morgan fingerprint density at radius 3 is 2.48 bits per heavy atom. The highest BCUT2D eigenvalue weighted by Gasteiger charge is 2.35. The van der Waals surface area contributed by atoms with E-state index in [1.165, 1.54) is 0 Å². The first kappa shape index (κ1) is 17.4. The lowest BCUT2D eigenvalue weighted by molar-refractivity contribution is -0.143. The fourth-order valence-corrected chi connectivity index (χ4v) is 3.83. The molecule has 8 nitrogen and oxygen atoms in total.